The Labute approximate surface area is 203 Å². The number of amides is 5. The molecule has 4 aliphatic rings. The number of carbonyl (C=O) groups is 5. The molecule has 0 bridgehead atoms. The molecule has 188 valence electrons. The van der Waals surface area contributed by atoms with Crippen LogP contribution in [0.2, 0.25) is 0 Å². The maximum absolute atomic E-state index is 13.6. The van der Waals surface area contributed by atoms with Crippen LogP contribution in [0.1, 0.15) is 43.1 Å². The fourth-order valence-electron chi connectivity index (χ4n) is 5.96. The molecule has 2 N–H and O–H groups in total. The van der Waals surface area contributed by atoms with Crippen molar-refractivity contribution in [2.45, 2.75) is 56.8 Å². The summed E-state index contributed by atoms with van der Waals surface area (Å²) in [6.07, 6.45) is 3.86. The van der Waals surface area contributed by atoms with Crippen LogP contribution >= 0.6 is 0 Å². The average Bonchev–Trinajstić information content (AvgIpc) is 3.55. The van der Waals surface area contributed by atoms with E-state index >= 15 is 0 Å². The van der Waals surface area contributed by atoms with Crippen LogP contribution in [0.15, 0.2) is 18.3 Å². The van der Waals surface area contributed by atoms with Crippen LogP contribution < -0.4 is 10.6 Å². The van der Waals surface area contributed by atoms with Crippen LogP contribution in [0.5, 0.6) is 0 Å². The number of fused-ring (bicyclic) bond motifs is 2. The van der Waals surface area contributed by atoms with Gasteiger partial charge in [-0.1, -0.05) is 0 Å². The molecule has 4 saturated heterocycles. The molecular weight excluding hydrogens is 452 g/mol. The van der Waals surface area contributed by atoms with Crippen LogP contribution in [-0.2, 0) is 26.2 Å². The summed E-state index contributed by atoms with van der Waals surface area (Å²) in [7, 11) is 1.78. The number of likely N-dealkylation sites (tertiary alicyclic amines) is 2. The molecule has 4 unspecified atom stereocenters. The molecule has 1 aromatic rings. The highest BCUT2D eigenvalue weighted by molar-refractivity contribution is 6.00. The zero-order valence-corrected chi connectivity index (χ0v) is 20.1. The molecule has 0 saturated carbocycles. The third kappa shape index (κ3) is 4.17. The summed E-state index contributed by atoms with van der Waals surface area (Å²) in [5.41, 5.74) is 0.493. The van der Waals surface area contributed by atoms with E-state index in [1.807, 2.05) is 0 Å². The first kappa shape index (κ1) is 23.4. The monoisotopic (exact) mass is 484 g/mol. The predicted octanol–water partition coefficient (Wildman–Crippen LogP) is -0.918. The van der Waals surface area contributed by atoms with Gasteiger partial charge in [0.25, 0.3) is 5.91 Å². The fourth-order valence-corrected chi connectivity index (χ4v) is 5.96. The summed E-state index contributed by atoms with van der Waals surface area (Å²) >= 11 is 0. The Morgan fingerprint density at radius 1 is 1.09 bits per heavy atom. The van der Waals surface area contributed by atoms with Crippen molar-refractivity contribution in [1.29, 1.82) is 0 Å². The standard InChI is InChI=1S/C24H32N6O5/c1-14(31)28-9-5-15(6-10-28)21(32)25-16-12-19-22(33)26-17-7-11-29(20(17)24(35)30(19)13-16)23(34)18-4-3-8-27(18)2/h3-4,8,15-17,19-20H,5-7,9-13H2,1-2H3,(H,25,32)(H,26,33). The number of aromatic nitrogens is 1. The smallest absolute Gasteiger partial charge is 0.271 e. The lowest BCUT2D eigenvalue weighted by Gasteiger charge is -2.31. The van der Waals surface area contributed by atoms with E-state index in [9.17, 15) is 24.0 Å². The second-order valence-electron chi connectivity index (χ2n) is 10.1. The molecule has 5 amide bonds. The van der Waals surface area contributed by atoms with Gasteiger partial charge in [0.1, 0.15) is 17.8 Å². The largest absolute Gasteiger partial charge is 0.351 e. The van der Waals surface area contributed by atoms with Crippen molar-refractivity contribution < 1.29 is 24.0 Å². The molecule has 35 heavy (non-hydrogen) atoms. The summed E-state index contributed by atoms with van der Waals surface area (Å²) in [5.74, 6) is -0.972. The Morgan fingerprint density at radius 3 is 2.49 bits per heavy atom. The van der Waals surface area contributed by atoms with Crippen molar-refractivity contribution in [3.8, 4) is 0 Å². The zero-order chi connectivity index (χ0) is 24.9. The van der Waals surface area contributed by atoms with E-state index < -0.39 is 18.1 Å². The minimum Gasteiger partial charge on any atom is -0.351 e. The summed E-state index contributed by atoms with van der Waals surface area (Å²) in [6, 6.07) is 1.35. The lowest BCUT2D eigenvalue weighted by atomic mass is 9.95. The highest BCUT2D eigenvalue weighted by Gasteiger charge is 2.52. The molecule has 0 spiro atoms. The van der Waals surface area contributed by atoms with Crippen molar-refractivity contribution in [2.75, 3.05) is 26.2 Å². The van der Waals surface area contributed by atoms with E-state index in [2.05, 4.69) is 10.6 Å². The van der Waals surface area contributed by atoms with Gasteiger partial charge in [-0.05, 0) is 37.8 Å². The van der Waals surface area contributed by atoms with Gasteiger partial charge in [0.2, 0.25) is 23.6 Å². The second-order valence-corrected chi connectivity index (χ2v) is 10.1. The highest BCUT2D eigenvalue weighted by Crippen LogP contribution is 2.30. The molecule has 11 nitrogen and oxygen atoms in total. The number of carbonyl (C=O) groups excluding carboxylic acids is 5. The molecule has 5 rings (SSSR count). The highest BCUT2D eigenvalue weighted by atomic mass is 16.2. The molecule has 0 aliphatic carbocycles. The number of nitrogens with zero attached hydrogens (tertiary/aromatic N) is 4. The quantitative estimate of drug-likeness (QED) is 0.575. The van der Waals surface area contributed by atoms with Gasteiger partial charge >= 0.3 is 0 Å². The lowest BCUT2D eigenvalue weighted by Crippen LogP contribution is -2.53. The van der Waals surface area contributed by atoms with Crippen LogP contribution in [0.3, 0.4) is 0 Å². The molecule has 4 fully saturated rings. The lowest BCUT2D eigenvalue weighted by molar-refractivity contribution is -0.138. The summed E-state index contributed by atoms with van der Waals surface area (Å²) in [5, 5.41) is 6.02. The number of piperidine rings is 1. The first-order chi connectivity index (χ1) is 16.7. The Hall–Kier alpha value is -3.37. The Morgan fingerprint density at radius 2 is 1.83 bits per heavy atom. The third-order valence-electron chi connectivity index (χ3n) is 7.95. The zero-order valence-electron chi connectivity index (χ0n) is 20.1. The molecule has 0 radical (unpaired) electrons. The third-order valence-corrected chi connectivity index (χ3v) is 7.95. The van der Waals surface area contributed by atoms with Gasteiger partial charge in [0.05, 0.1) is 6.04 Å². The molecular formula is C24H32N6O5. The van der Waals surface area contributed by atoms with E-state index in [-0.39, 0.29) is 48.0 Å². The van der Waals surface area contributed by atoms with E-state index in [1.54, 1.807) is 44.6 Å². The van der Waals surface area contributed by atoms with E-state index in [1.165, 1.54) is 6.92 Å². The van der Waals surface area contributed by atoms with Crippen molar-refractivity contribution >= 4 is 29.5 Å². The molecule has 4 atom stereocenters. The maximum Gasteiger partial charge on any atom is 0.271 e. The molecule has 0 aromatic carbocycles. The van der Waals surface area contributed by atoms with Crippen molar-refractivity contribution in [3.63, 3.8) is 0 Å². The van der Waals surface area contributed by atoms with Gasteiger partial charge in [-0.15, -0.1) is 0 Å². The predicted molar refractivity (Wildman–Crippen MR) is 124 cm³/mol. The van der Waals surface area contributed by atoms with Gasteiger partial charge in [0, 0.05) is 58.3 Å². The van der Waals surface area contributed by atoms with Crippen molar-refractivity contribution in [2.24, 2.45) is 13.0 Å². The topological polar surface area (TPSA) is 124 Å². The fraction of sp³-hybridized carbons (Fsp3) is 0.625. The number of hydrogen-bond donors (Lipinski definition) is 2. The van der Waals surface area contributed by atoms with E-state index in [0.717, 1.165) is 0 Å². The maximum atomic E-state index is 13.6. The van der Waals surface area contributed by atoms with Crippen molar-refractivity contribution in [3.05, 3.63) is 24.0 Å². The van der Waals surface area contributed by atoms with Gasteiger partial charge in [0.15, 0.2) is 0 Å². The van der Waals surface area contributed by atoms with E-state index in [4.69, 9.17) is 0 Å². The minimum atomic E-state index is -0.753. The summed E-state index contributed by atoms with van der Waals surface area (Å²) < 4.78 is 1.72. The Kier molecular flexibility index (Phi) is 6.02. The number of nitrogens with one attached hydrogen (secondary N) is 2. The summed E-state index contributed by atoms with van der Waals surface area (Å²) in [4.78, 5) is 69.1. The molecule has 4 aliphatic heterocycles. The SMILES string of the molecule is CC(=O)N1CCC(C(=O)NC2CC3C(=O)NC4CCN(C(=O)c5cccn5C)C4C(=O)N3C2)CC1. The van der Waals surface area contributed by atoms with Gasteiger partial charge in [-0.2, -0.15) is 0 Å². The first-order valence-electron chi connectivity index (χ1n) is 12.3. The normalized spacial score (nSPS) is 28.9. The number of rotatable bonds is 3. The van der Waals surface area contributed by atoms with Crippen LogP contribution in [0.25, 0.3) is 0 Å². The second kappa shape index (κ2) is 9.01. The molecule has 1 aromatic heterocycles. The average molecular weight is 485 g/mol. The first-order valence-corrected chi connectivity index (χ1v) is 12.3. The van der Waals surface area contributed by atoms with Crippen LogP contribution in [0, 0.1) is 5.92 Å². The number of aryl methyl sites for hydroxylation is 1. The van der Waals surface area contributed by atoms with E-state index in [0.29, 0.717) is 51.0 Å². The van der Waals surface area contributed by atoms with Gasteiger partial charge in [-0.3, -0.25) is 24.0 Å². The van der Waals surface area contributed by atoms with Crippen LogP contribution in [0.4, 0.5) is 0 Å². The summed E-state index contributed by atoms with van der Waals surface area (Å²) in [6.45, 7) is 3.28. The number of hydrogen-bond acceptors (Lipinski definition) is 5. The Bertz CT molecular complexity index is 1060. The van der Waals surface area contributed by atoms with Crippen LogP contribution in [-0.4, -0.2) is 99.1 Å². The molecule has 5 heterocycles. The van der Waals surface area contributed by atoms with Gasteiger partial charge < -0.3 is 29.9 Å². The minimum absolute atomic E-state index is 0.0157. The molecule has 11 heteroatoms. The van der Waals surface area contributed by atoms with Crippen molar-refractivity contribution in [1.82, 2.24) is 29.9 Å². The van der Waals surface area contributed by atoms with Gasteiger partial charge in [-0.25, -0.2) is 0 Å². The Balaban J connectivity index is 1.26.